The number of nitrogens with one attached hydrogen (secondary N) is 1. The van der Waals surface area contributed by atoms with Crippen LogP contribution in [0.15, 0.2) is 22.7 Å². The molecule has 5 heteroatoms. The molecule has 1 N–H and O–H groups in total. The van der Waals surface area contributed by atoms with Crippen molar-refractivity contribution in [2.75, 3.05) is 6.54 Å². The Hall–Kier alpha value is -0.190. The van der Waals surface area contributed by atoms with Gasteiger partial charge in [-0.2, -0.15) is 8.78 Å². The van der Waals surface area contributed by atoms with E-state index >= 15 is 0 Å². The van der Waals surface area contributed by atoms with E-state index in [-0.39, 0.29) is 24.5 Å². The van der Waals surface area contributed by atoms with Crippen LogP contribution in [0.3, 0.4) is 0 Å². The molecule has 0 aromatic heterocycles. The fraction of sp³-hybridized carbons (Fsp3) is 0.333. The zero-order valence-corrected chi connectivity index (χ0v) is 9.59. The second-order valence-electron chi connectivity index (χ2n) is 3.07. The third-order valence-electron chi connectivity index (χ3n) is 2.16. The SMILES string of the molecule is Cl.FC1(F)CNCc2c(Br)cccc21. The molecule has 0 radical (unpaired) electrons. The molecule has 78 valence electrons. The zero-order valence-electron chi connectivity index (χ0n) is 7.19. The number of hydrogen-bond donors (Lipinski definition) is 1. The summed E-state index contributed by atoms with van der Waals surface area (Å²) in [6.45, 7) is 0.239. The molecule has 0 fully saturated rings. The molecule has 1 aliphatic heterocycles. The predicted molar refractivity (Wildman–Crippen MR) is 57.0 cm³/mol. The lowest BCUT2D eigenvalue weighted by molar-refractivity contribution is -0.0109. The molecule has 0 atom stereocenters. The van der Waals surface area contributed by atoms with Crippen LogP contribution in [0, 0.1) is 0 Å². The van der Waals surface area contributed by atoms with Gasteiger partial charge < -0.3 is 5.32 Å². The van der Waals surface area contributed by atoms with Crippen molar-refractivity contribution >= 4 is 28.3 Å². The first-order valence-corrected chi connectivity index (χ1v) is 4.77. The van der Waals surface area contributed by atoms with E-state index < -0.39 is 5.92 Å². The van der Waals surface area contributed by atoms with Crippen LogP contribution in [0.1, 0.15) is 11.1 Å². The summed E-state index contributed by atoms with van der Waals surface area (Å²) in [6, 6.07) is 4.91. The van der Waals surface area contributed by atoms with Crippen LogP contribution in [-0.4, -0.2) is 6.54 Å². The quantitative estimate of drug-likeness (QED) is 0.772. The van der Waals surface area contributed by atoms with E-state index in [0.717, 1.165) is 4.47 Å². The number of hydrogen-bond acceptors (Lipinski definition) is 1. The minimum Gasteiger partial charge on any atom is -0.307 e. The minimum absolute atomic E-state index is 0. The predicted octanol–water partition coefficient (Wildman–Crippen LogP) is 3.07. The number of rotatable bonds is 0. The Morgan fingerprint density at radius 3 is 2.71 bits per heavy atom. The van der Waals surface area contributed by atoms with E-state index in [2.05, 4.69) is 21.2 Å². The van der Waals surface area contributed by atoms with Gasteiger partial charge in [0.25, 0.3) is 5.92 Å². The van der Waals surface area contributed by atoms with E-state index in [4.69, 9.17) is 0 Å². The molecule has 1 aromatic rings. The maximum atomic E-state index is 13.3. The van der Waals surface area contributed by atoms with Crippen LogP contribution < -0.4 is 5.32 Å². The number of halogens is 4. The Morgan fingerprint density at radius 2 is 2.07 bits per heavy atom. The Morgan fingerprint density at radius 1 is 1.36 bits per heavy atom. The van der Waals surface area contributed by atoms with Crippen molar-refractivity contribution in [1.82, 2.24) is 5.32 Å². The Bertz CT molecular complexity index is 344. The minimum atomic E-state index is -2.74. The molecule has 1 heterocycles. The fourth-order valence-corrected chi connectivity index (χ4v) is 2.03. The molecule has 0 spiro atoms. The van der Waals surface area contributed by atoms with Gasteiger partial charge in [0.1, 0.15) is 0 Å². The number of fused-ring (bicyclic) bond motifs is 1. The molecule has 0 aliphatic carbocycles. The van der Waals surface area contributed by atoms with Gasteiger partial charge in [0, 0.05) is 16.6 Å². The third kappa shape index (κ3) is 1.92. The van der Waals surface area contributed by atoms with E-state index in [9.17, 15) is 8.78 Å². The van der Waals surface area contributed by atoms with Gasteiger partial charge in [-0.15, -0.1) is 12.4 Å². The monoisotopic (exact) mass is 283 g/mol. The van der Waals surface area contributed by atoms with Gasteiger partial charge in [0.15, 0.2) is 0 Å². The van der Waals surface area contributed by atoms with Gasteiger partial charge in [-0.3, -0.25) is 0 Å². The van der Waals surface area contributed by atoms with Crippen LogP contribution in [0.2, 0.25) is 0 Å². The zero-order chi connectivity index (χ0) is 9.47. The maximum Gasteiger partial charge on any atom is 0.285 e. The van der Waals surface area contributed by atoms with Gasteiger partial charge in [0.2, 0.25) is 0 Å². The van der Waals surface area contributed by atoms with E-state index in [1.807, 2.05) is 0 Å². The lowest BCUT2D eigenvalue weighted by Crippen LogP contribution is -2.36. The van der Waals surface area contributed by atoms with Crippen molar-refractivity contribution in [3.05, 3.63) is 33.8 Å². The number of benzene rings is 1. The summed E-state index contributed by atoms with van der Waals surface area (Å²) >= 11 is 3.26. The molecule has 0 saturated carbocycles. The van der Waals surface area contributed by atoms with Crippen LogP contribution in [0.25, 0.3) is 0 Å². The molecule has 1 nitrogen and oxygen atoms in total. The topological polar surface area (TPSA) is 12.0 Å². The van der Waals surface area contributed by atoms with Gasteiger partial charge in [-0.1, -0.05) is 28.1 Å². The molecule has 0 bridgehead atoms. The number of alkyl halides is 2. The molecule has 1 aliphatic rings. The summed E-state index contributed by atoms with van der Waals surface area (Å²) in [4.78, 5) is 0. The van der Waals surface area contributed by atoms with Crippen LogP contribution >= 0.6 is 28.3 Å². The van der Waals surface area contributed by atoms with Gasteiger partial charge in [0.05, 0.1) is 6.54 Å². The molecule has 0 amide bonds. The molecule has 0 saturated heterocycles. The van der Waals surface area contributed by atoms with Crippen LogP contribution in [-0.2, 0) is 12.5 Å². The van der Waals surface area contributed by atoms with Crippen LogP contribution in [0.4, 0.5) is 8.78 Å². The van der Waals surface area contributed by atoms with Crippen molar-refractivity contribution in [2.45, 2.75) is 12.5 Å². The summed E-state index contributed by atoms with van der Waals surface area (Å²) in [5.41, 5.74) is 0.805. The normalized spacial score (nSPS) is 18.2. The first-order chi connectivity index (χ1) is 6.11. The first kappa shape index (κ1) is 11.9. The van der Waals surface area contributed by atoms with E-state index in [1.54, 1.807) is 12.1 Å². The lowest BCUT2D eigenvalue weighted by Gasteiger charge is -2.26. The average Bonchev–Trinajstić information content (AvgIpc) is 2.06. The largest absolute Gasteiger partial charge is 0.307 e. The highest BCUT2D eigenvalue weighted by molar-refractivity contribution is 9.10. The summed E-state index contributed by atoms with van der Waals surface area (Å²) in [5, 5.41) is 2.69. The molecule has 0 unspecified atom stereocenters. The second-order valence-corrected chi connectivity index (χ2v) is 3.93. The molecule has 14 heavy (non-hydrogen) atoms. The average molecular weight is 285 g/mol. The smallest absolute Gasteiger partial charge is 0.285 e. The van der Waals surface area contributed by atoms with Crippen molar-refractivity contribution < 1.29 is 8.78 Å². The van der Waals surface area contributed by atoms with Crippen LogP contribution in [0.5, 0.6) is 0 Å². The fourth-order valence-electron chi connectivity index (χ4n) is 1.52. The maximum absolute atomic E-state index is 13.3. The van der Waals surface area contributed by atoms with E-state index in [0.29, 0.717) is 12.1 Å². The summed E-state index contributed by atoms with van der Waals surface area (Å²) in [5.74, 6) is -2.74. The Kier molecular flexibility index (Phi) is 3.50. The van der Waals surface area contributed by atoms with Gasteiger partial charge >= 0.3 is 0 Å². The highest BCUT2D eigenvalue weighted by atomic mass is 79.9. The molecule has 2 rings (SSSR count). The molecular formula is C9H9BrClF2N. The summed E-state index contributed by atoms with van der Waals surface area (Å²) < 4.78 is 27.3. The van der Waals surface area contributed by atoms with Crippen molar-refractivity contribution in [1.29, 1.82) is 0 Å². The van der Waals surface area contributed by atoms with Crippen molar-refractivity contribution in [3.8, 4) is 0 Å². The summed E-state index contributed by atoms with van der Waals surface area (Å²) in [7, 11) is 0. The molecule has 1 aromatic carbocycles. The Labute approximate surface area is 95.4 Å². The first-order valence-electron chi connectivity index (χ1n) is 3.98. The molecular weight excluding hydrogens is 275 g/mol. The highest BCUT2D eigenvalue weighted by Gasteiger charge is 2.36. The van der Waals surface area contributed by atoms with Crippen molar-refractivity contribution in [3.63, 3.8) is 0 Å². The second kappa shape index (κ2) is 4.13. The lowest BCUT2D eigenvalue weighted by atomic mass is 9.98. The summed E-state index contributed by atoms with van der Waals surface area (Å²) in [6.07, 6.45) is 0. The standard InChI is InChI=1S/C9H8BrF2N.ClH/c10-8-3-1-2-7-6(8)4-13-5-9(7,11)12;/h1-3,13H,4-5H2;1H. The van der Waals surface area contributed by atoms with Crippen molar-refractivity contribution in [2.24, 2.45) is 0 Å². The van der Waals surface area contributed by atoms with Gasteiger partial charge in [-0.25, -0.2) is 0 Å². The third-order valence-corrected chi connectivity index (χ3v) is 2.90. The van der Waals surface area contributed by atoms with E-state index in [1.165, 1.54) is 6.07 Å². The van der Waals surface area contributed by atoms with Gasteiger partial charge in [-0.05, 0) is 11.6 Å². The Balaban J connectivity index is 0.000000980. The highest BCUT2D eigenvalue weighted by Crippen LogP contribution is 2.35.